The zero-order valence-electron chi connectivity index (χ0n) is 16.5. The first kappa shape index (κ1) is 19.4. The Kier molecular flexibility index (Phi) is 5.47. The third-order valence-corrected chi connectivity index (χ3v) is 5.87. The number of H-pyrrole nitrogens is 1. The predicted octanol–water partition coefficient (Wildman–Crippen LogP) is 3.15. The number of nitrogens with one attached hydrogen (secondary N) is 2. The quantitative estimate of drug-likeness (QED) is 0.787. The van der Waals surface area contributed by atoms with E-state index in [0.29, 0.717) is 18.7 Å². The van der Waals surface area contributed by atoms with E-state index in [9.17, 15) is 14.0 Å². The van der Waals surface area contributed by atoms with E-state index in [2.05, 4.69) is 15.5 Å². The predicted molar refractivity (Wildman–Crippen MR) is 106 cm³/mol. The van der Waals surface area contributed by atoms with Crippen LogP contribution in [0.4, 0.5) is 4.39 Å². The summed E-state index contributed by atoms with van der Waals surface area (Å²) in [4.78, 5) is 27.6. The van der Waals surface area contributed by atoms with E-state index in [4.69, 9.17) is 0 Å². The van der Waals surface area contributed by atoms with E-state index in [0.717, 1.165) is 48.1 Å². The largest absolute Gasteiger partial charge is 0.352 e. The van der Waals surface area contributed by atoms with Crippen LogP contribution in [0, 0.1) is 12.7 Å². The molecular weight excluding hydrogens is 371 g/mol. The van der Waals surface area contributed by atoms with Gasteiger partial charge in [-0.2, -0.15) is 5.10 Å². The van der Waals surface area contributed by atoms with Gasteiger partial charge in [0, 0.05) is 29.9 Å². The third kappa shape index (κ3) is 4.09. The Morgan fingerprint density at radius 2 is 2.10 bits per heavy atom. The van der Waals surface area contributed by atoms with Crippen LogP contribution in [0.2, 0.25) is 0 Å². The smallest absolute Gasteiger partial charge is 0.251 e. The van der Waals surface area contributed by atoms with E-state index in [1.807, 2.05) is 11.8 Å². The number of benzene rings is 1. The Hall–Kier alpha value is -2.96. The van der Waals surface area contributed by atoms with Crippen molar-refractivity contribution in [3.05, 3.63) is 64.2 Å². The molecule has 1 aromatic heterocycles. The molecule has 1 fully saturated rings. The Morgan fingerprint density at radius 1 is 1.31 bits per heavy atom. The first-order valence-corrected chi connectivity index (χ1v) is 10.1. The van der Waals surface area contributed by atoms with Crippen LogP contribution >= 0.6 is 0 Å². The number of carbonyl (C=O) groups is 2. The summed E-state index contributed by atoms with van der Waals surface area (Å²) >= 11 is 0. The fourth-order valence-electron chi connectivity index (χ4n) is 4.27. The summed E-state index contributed by atoms with van der Waals surface area (Å²) < 4.78 is 13.2. The van der Waals surface area contributed by atoms with Crippen LogP contribution in [0.5, 0.6) is 0 Å². The number of rotatable bonds is 6. The Balaban J connectivity index is 1.46. The minimum Gasteiger partial charge on any atom is -0.352 e. The van der Waals surface area contributed by atoms with Crippen molar-refractivity contribution in [2.45, 2.75) is 58.2 Å². The average molecular weight is 396 g/mol. The van der Waals surface area contributed by atoms with Crippen LogP contribution in [0.3, 0.4) is 0 Å². The van der Waals surface area contributed by atoms with Gasteiger partial charge in [0.1, 0.15) is 5.82 Å². The van der Waals surface area contributed by atoms with Crippen LogP contribution in [0.1, 0.15) is 48.9 Å². The molecule has 1 aliphatic carbocycles. The second-order valence-corrected chi connectivity index (χ2v) is 7.80. The van der Waals surface area contributed by atoms with Gasteiger partial charge in [-0.25, -0.2) is 4.39 Å². The number of amides is 2. The van der Waals surface area contributed by atoms with E-state index >= 15 is 0 Å². The molecule has 2 aromatic rings. The van der Waals surface area contributed by atoms with Gasteiger partial charge in [-0.15, -0.1) is 0 Å². The van der Waals surface area contributed by atoms with Crippen molar-refractivity contribution >= 4 is 11.8 Å². The molecule has 2 heterocycles. The van der Waals surface area contributed by atoms with Crippen molar-refractivity contribution in [2.24, 2.45) is 0 Å². The van der Waals surface area contributed by atoms with Crippen LogP contribution < -0.4 is 5.32 Å². The lowest BCUT2D eigenvalue weighted by Crippen LogP contribution is -2.36. The molecule has 152 valence electrons. The standard InChI is InChI=1S/C22H25FN4O2/c1-14-16(12-25-26-14)11-24-21(28)10-19-18-4-2-3-5-20(18)27(22(19)29)13-15-6-8-17(23)9-7-15/h6-9,12,20H,2-5,10-11,13H2,1H3,(H,24,28)(H,25,26). The summed E-state index contributed by atoms with van der Waals surface area (Å²) in [6.45, 7) is 2.73. The van der Waals surface area contributed by atoms with Gasteiger partial charge >= 0.3 is 0 Å². The lowest BCUT2D eigenvalue weighted by molar-refractivity contribution is -0.129. The van der Waals surface area contributed by atoms with Gasteiger partial charge < -0.3 is 10.2 Å². The number of fused-ring (bicyclic) bond motifs is 1. The third-order valence-electron chi connectivity index (χ3n) is 5.87. The summed E-state index contributed by atoms with van der Waals surface area (Å²) in [5.41, 5.74) is 4.49. The molecule has 0 spiro atoms. The van der Waals surface area contributed by atoms with E-state index in [1.54, 1.807) is 18.3 Å². The molecule has 2 amide bonds. The number of nitrogens with zero attached hydrogens (tertiary/aromatic N) is 2. The molecule has 1 aliphatic heterocycles. The molecule has 1 saturated carbocycles. The van der Waals surface area contributed by atoms with Gasteiger partial charge in [-0.1, -0.05) is 18.6 Å². The van der Waals surface area contributed by atoms with Gasteiger partial charge in [0.25, 0.3) is 5.91 Å². The van der Waals surface area contributed by atoms with Gasteiger partial charge in [0.2, 0.25) is 5.91 Å². The summed E-state index contributed by atoms with van der Waals surface area (Å²) in [5, 5.41) is 9.70. The van der Waals surface area contributed by atoms with Crippen molar-refractivity contribution in [2.75, 3.05) is 0 Å². The highest BCUT2D eigenvalue weighted by atomic mass is 19.1. The van der Waals surface area contributed by atoms with Gasteiger partial charge in [-0.05, 0) is 49.5 Å². The normalized spacial score (nSPS) is 18.9. The molecule has 0 radical (unpaired) electrons. The minimum atomic E-state index is -0.289. The fraction of sp³-hybridized carbons (Fsp3) is 0.409. The topological polar surface area (TPSA) is 78.1 Å². The lowest BCUT2D eigenvalue weighted by Gasteiger charge is -2.30. The van der Waals surface area contributed by atoms with E-state index in [-0.39, 0.29) is 30.1 Å². The Labute approximate surface area is 169 Å². The number of aromatic amines is 1. The van der Waals surface area contributed by atoms with Crippen LogP contribution in [0.15, 0.2) is 41.6 Å². The maximum absolute atomic E-state index is 13.2. The highest BCUT2D eigenvalue weighted by Gasteiger charge is 2.40. The SMILES string of the molecule is Cc1[nH]ncc1CNC(=O)CC1=C2CCCCC2N(Cc2ccc(F)cc2)C1=O. The number of halogens is 1. The highest BCUT2D eigenvalue weighted by molar-refractivity contribution is 6.02. The van der Waals surface area contributed by atoms with Gasteiger partial charge in [-0.3, -0.25) is 14.7 Å². The molecule has 1 atom stereocenters. The zero-order chi connectivity index (χ0) is 20.4. The highest BCUT2D eigenvalue weighted by Crippen LogP contribution is 2.38. The molecule has 6 nitrogen and oxygen atoms in total. The molecule has 2 aliphatic rings. The van der Waals surface area contributed by atoms with Gasteiger partial charge in [0.15, 0.2) is 0 Å². The molecule has 7 heteroatoms. The summed E-state index contributed by atoms with van der Waals surface area (Å²) in [6.07, 6.45) is 5.69. The van der Waals surface area contributed by atoms with Gasteiger partial charge in [0.05, 0.1) is 18.7 Å². The first-order valence-electron chi connectivity index (χ1n) is 10.1. The summed E-state index contributed by atoms with van der Waals surface area (Å²) in [6, 6.07) is 6.31. The molecule has 1 unspecified atom stereocenters. The van der Waals surface area contributed by atoms with E-state index < -0.39 is 0 Å². The molecule has 29 heavy (non-hydrogen) atoms. The molecule has 1 aromatic carbocycles. The fourth-order valence-corrected chi connectivity index (χ4v) is 4.27. The van der Waals surface area contributed by atoms with Crippen molar-refractivity contribution in [1.82, 2.24) is 20.4 Å². The Bertz CT molecular complexity index is 948. The lowest BCUT2D eigenvalue weighted by atomic mass is 9.88. The second-order valence-electron chi connectivity index (χ2n) is 7.80. The maximum Gasteiger partial charge on any atom is 0.251 e. The van der Waals surface area contributed by atoms with Crippen molar-refractivity contribution < 1.29 is 14.0 Å². The van der Waals surface area contributed by atoms with Crippen LogP contribution in [-0.4, -0.2) is 33.0 Å². The first-order chi connectivity index (χ1) is 14.0. The number of hydrogen-bond acceptors (Lipinski definition) is 3. The second kappa shape index (κ2) is 8.19. The number of carbonyl (C=O) groups excluding carboxylic acids is 2. The van der Waals surface area contributed by atoms with Crippen molar-refractivity contribution in [1.29, 1.82) is 0 Å². The average Bonchev–Trinajstić information content (AvgIpc) is 3.24. The molecule has 4 rings (SSSR count). The minimum absolute atomic E-state index is 0.0558. The number of hydrogen-bond donors (Lipinski definition) is 2. The molecular formula is C22H25FN4O2. The van der Waals surface area contributed by atoms with Crippen molar-refractivity contribution in [3.63, 3.8) is 0 Å². The summed E-state index contributed by atoms with van der Waals surface area (Å²) in [5.74, 6) is -0.511. The van der Waals surface area contributed by atoms with Crippen LogP contribution in [0.25, 0.3) is 0 Å². The Morgan fingerprint density at radius 3 is 2.83 bits per heavy atom. The van der Waals surface area contributed by atoms with E-state index in [1.165, 1.54) is 12.1 Å². The molecule has 2 N–H and O–H groups in total. The molecule has 0 bridgehead atoms. The summed E-state index contributed by atoms with van der Waals surface area (Å²) in [7, 11) is 0. The number of aromatic nitrogens is 2. The van der Waals surface area contributed by atoms with Crippen molar-refractivity contribution in [3.8, 4) is 0 Å². The van der Waals surface area contributed by atoms with Crippen LogP contribution in [-0.2, 0) is 22.7 Å². The molecule has 0 saturated heterocycles. The maximum atomic E-state index is 13.2. The monoisotopic (exact) mass is 396 g/mol. The number of aryl methyl sites for hydroxylation is 1. The zero-order valence-corrected chi connectivity index (χ0v) is 16.5.